The summed E-state index contributed by atoms with van der Waals surface area (Å²) in [4.78, 5) is 33.3. The van der Waals surface area contributed by atoms with Gasteiger partial charge < -0.3 is 9.64 Å². The Balaban J connectivity index is 1.69. The lowest BCUT2D eigenvalue weighted by Gasteiger charge is -2.38. The Bertz CT molecular complexity index is 1060. The molecule has 31 heavy (non-hydrogen) atoms. The molecule has 1 heterocycles. The monoisotopic (exact) mass is 458 g/mol. The molecule has 0 atom stereocenters. The van der Waals surface area contributed by atoms with Gasteiger partial charge in [-0.05, 0) is 62.4 Å². The number of halogens is 2. The molecule has 1 saturated carbocycles. The van der Waals surface area contributed by atoms with Gasteiger partial charge in [-0.3, -0.25) is 14.6 Å². The maximum Gasteiger partial charge on any atom is 0.275 e. The first-order valence-electron chi connectivity index (χ1n) is 10.4. The van der Waals surface area contributed by atoms with Crippen molar-refractivity contribution in [3.63, 3.8) is 0 Å². The van der Waals surface area contributed by atoms with Crippen molar-refractivity contribution in [1.82, 2.24) is 4.90 Å². The van der Waals surface area contributed by atoms with Gasteiger partial charge in [0.1, 0.15) is 17.1 Å². The molecule has 7 heteroatoms. The predicted molar refractivity (Wildman–Crippen MR) is 123 cm³/mol. The summed E-state index contributed by atoms with van der Waals surface area (Å²) >= 11 is 12.2. The molecule has 1 aliphatic carbocycles. The van der Waals surface area contributed by atoms with E-state index in [0.717, 1.165) is 37.7 Å². The molecule has 1 fully saturated rings. The van der Waals surface area contributed by atoms with E-state index in [-0.39, 0.29) is 18.2 Å². The largest absolute Gasteiger partial charge is 0.496 e. The second-order valence-electron chi connectivity index (χ2n) is 8.13. The van der Waals surface area contributed by atoms with Crippen LogP contribution in [0.4, 0.5) is 0 Å². The lowest BCUT2D eigenvalue weighted by molar-refractivity contribution is -0.128. The standard InChI is InChI=1S/C24H24Cl2N2O3/c1-15-12-18(21(31-2)13-19(15)26)20(29)14-28-23(30)22(16-6-8-17(25)9-7-16)27-24(28)10-4-3-5-11-24/h6-9,12-13H,3-5,10-11,14H2,1-2H3. The van der Waals surface area contributed by atoms with Crippen molar-refractivity contribution < 1.29 is 14.3 Å². The molecular weight excluding hydrogens is 435 g/mol. The van der Waals surface area contributed by atoms with Crippen LogP contribution in [0, 0.1) is 6.92 Å². The van der Waals surface area contributed by atoms with Crippen molar-refractivity contribution >= 4 is 40.6 Å². The number of nitrogens with zero attached hydrogens (tertiary/aromatic N) is 2. The van der Waals surface area contributed by atoms with E-state index in [0.29, 0.717) is 32.6 Å². The Morgan fingerprint density at radius 3 is 2.45 bits per heavy atom. The van der Waals surface area contributed by atoms with Gasteiger partial charge in [0.25, 0.3) is 5.91 Å². The maximum atomic E-state index is 13.5. The average molecular weight is 459 g/mol. The van der Waals surface area contributed by atoms with Gasteiger partial charge in [0, 0.05) is 15.6 Å². The number of amides is 1. The van der Waals surface area contributed by atoms with Crippen LogP contribution >= 0.6 is 23.2 Å². The van der Waals surface area contributed by atoms with Gasteiger partial charge in [-0.25, -0.2) is 0 Å². The SMILES string of the molecule is COc1cc(Cl)c(C)cc1C(=O)CN1C(=O)C(c2ccc(Cl)cc2)=NC12CCCCC2. The van der Waals surface area contributed by atoms with Gasteiger partial charge in [-0.15, -0.1) is 0 Å². The number of rotatable bonds is 5. The van der Waals surface area contributed by atoms with Crippen molar-refractivity contribution in [1.29, 1.82) is 0 Å². The third kappa shape index (κ3) is 4.09. The van der Waals surface area contributed by atoms with Gasteiger partial charge in [-0.2, -0.15) is 0 Å². The number of carbonyl (C=O) groups excluding carboxylic acids is 2. The Morgan fingerprint density at radius 2 is 1.81 bits per heavy atom. The normalized spacial score (nSPS) is 17.7. The second-order valence-corrected chi connectivity index (χ2v) is 8.97. The van der Waals surface area contributed by atoms with Gasteiger partial charge in [0.15, 0.2) is 5.78 Å². The molecule has 162 valence electrons. The smallest absolute Gasteiger partial charge is 0.275 e. The summed E-state index contributed by atoms with van der Waals surface area (Å²) in [5.41, 5.74) is 1.64. The molecule has 0 N–H and O–H groups in total. The highest BCUT2D eigenvalue weighted by atomic mass is 35.5. The van der Waals surface area contributed by atoms with Crippen LogP contribution in [0.2, 0.25) is 10.0 Å². The quantitative estimate of drug-likeness (QED) is 0.556. The zero-order valence-electron chi connectivity index (χ0n) is 17.6. The van der Waals surface area contributed by atoms with Crippen LogP contribution in [0.1, 0.15) is 53.6 Å². The van der Waals surface area contributed by atoms with Crippen LogP contribution in [0.15, 0.2) is 41.4 Å². The molecular formula is C24H24Cl2N2O3. The lowest BCUT2D eigenvalue weighted by Crippen LogP contribution is -2.50. The zero-order chi connectivity index (χ0) is 22.2. The Labute approximate surface area is 192 Å². The molecule has 0 saturated heterocycles. The minimum atomic E-state index is -0.672. The Kier molecular flexibility index (Phi) is 6.09. The molecule has 1 spiro atoms. The van der Waals surface area contributed by atoms with E-state index >= 15 is 0 Å². The summed E-state index contributed by atoms with van der Waals surface area (Å²) in [6.45, 7) is 1.78. The van der Waals surface area contributed by atoms with E-state index in [1.165, 1.54) is 7.11 Å². The minimum Gasteiger partial charge on any atom is -0.496 e. The number of methoxy groups -OCH3 is 1. The highest BCUT2D eigenvalue weighted by molar-refractivity contribution is 6.47. The molecule has 2 aromatic rings. The molecule has 2 aromatic carbocycles. The number of ketones is 1. The summed E-state index contributed by atoms with van der Waals surface area (Å²) in [7, 11) is 1.50. The molecule has 4 rings (SSSR count). The fraction of sp³-hybridized carbons (Fsp3) is 0.375. The Hall–Kier alpha value is -2.37. The average Bonchev–Trinajstić information content (AvgIpc) is 3.02. The first-order chi connectivity index (χ1) is 14.8. The zero-order valence-corrected chi connectivity index (χ0v) is 19.1. The topological polar surface area (TPSA) is 59.0 Å². The van der Waals surface area contributed by atoms with Crippen LogP contribution in [0.25, 0.3) is 0 Å². The molecule has 1 aliphatic heterocycles. The molecule has 0 aromatic heterocycles. The summed E-state index contributed by atoms with van der Waals surface area (Å²) in [6, 6.07) is 10.4. The van der Waals surface area contributed by atoms with Gasteiger partial charge in [0.2, 0.25) is 0 Å². The maximum absolute atomic E-state index is 13.5. The molecule has 1 amide bonds. The summed E-state index contributed by atoms with van der Waals surface area (Å²) in [6.07, 6.45) is 4.55. The van der Waals surface area contributed by atoms with Crippen LogP contribution in [-0.4, -0.2) is 41.6 Å². The number of hydrogen-bond acceptors (Lipinski definition) is 4. The number of hydrogen-bond donors (Lipinski definition) is 0. The van der Waals surface area contributed by atoms with Gasteiger partial charge >= 0.3 is 0 Å². The summed E-state index contributed by atoms with van der Waals surface area (Å²) < 4.78 is 5.38. The number of aliphatic imine (C=N–C) groups is 1. The second kappa shape index (κ2) is 8.64. The fourth-order valence-corrected chi connectivity index (χ4v) is 4.71. The van der Waals surface area contributed by atoms with Crippen LogP contribution < -0.4 is 4.74 Å². The van der Waals surface area contributed by atoms with E-state index in [4.69, 9.17) is 32.9 Å². The molecule has 2 aliphatic rings. The fourth-order valence-electron chi connectivity index (χ4n) is 4.43. The van der Waals surface area contributed by atoms with Gasteiger partial charge in [-0.1, -0.05) is 41.8 Å². The molecule has 5 nitrogen and oxygen atoms in total. The number of aryl methyl sites for hydroxylation is 1. The molecule has 0 unspecified atom stereocenters. The molecule has 0 bridgehead atoms. The van der Waals surface area contributed by atoms with Crippen molar-refractivity contribution in [3.8, 4) is 5.75 Å². The molecule has 0 radical (unpaired) electrons. The number of Topliss-reactive ketones (excluding diaryl/α,β-unsaturated/α-hetero) is 1. The predicted octanol–water partition coefficient (Wildman–Crippen LogP) is 5.49. The van der Waals surface area contributed by atoms with Crippen LogP contribution in [0.5, 0.6) is 5.75 Å². The highest BCUT2D eigenvalue weighted by Gasteiger charge is 2.48. The summed E-state index contributed by atoms with van der Waals surface area (Å²) in [5, 5.41) is 1.13. The first-order valence-corrected chi connectivity index (χ1v) is 11.2. The number of carbonyl (C=O) groups is 2. The lowest BCUT2D eigenvalue weighted by atomic mass is 9.88. The first kappa shape index (κ1) is 21.8. The van der Waals surface area contributed by atoms with Crippen molar-refractivity contribution in [3.05, 3.63) is 63.1 Å². The van der Waals surface area contributed by atoms with E-state index in [1.807, 2.05) is 6.92 Å². The van der Waals surface area contributed by atoms with E-state index < -0.39 is 5.66 Å². The number of benzene rings is 2. The number of ether oxygens (including phenoxy) is 1. The van der Waals surface area contributed by atoms with Crippen LogP contribution in [-0.2, 0) is 4.79 Å². The summed E-state index contributed by atoms with van der Waals surface area (Å²) in [5.74, 6) is -0.00604. The van der Waals surface area contributed by atoms with Crippen LogP contribution in [0.3, 0.4) is 0 Å². The van der Waals surface area contributed by atoms with E-state index in [2.05, 4.69) is 0 Å². The third-order valence-corrected chi connectivity index (χ3v) is 6.78. The highest BCUT2D eigenvalue weighted by Crippen LogP contribution is 2.40. The van der Waals surface area contributed by atoms with E-state index in [1.54, 1.807) is 41.3 Å². The van der Waals surface area contributed by atoms with Crippen molar-refractivity contribution in [2.24, 2.45) is 4.99 Å². The van der Waals surface area contributed by atoms with Crippen molar-refractivity contribution in [2.75, 3.05) is 13.7 Å². The third-order valence-electron chi connectivity index (χ3n) is 6.12. The van der Waals surface area contributed by atoms with E-state index in [9.17, 15) is 9.59 Å². The minimum absolute atomic E-state index is 0.0587. The van der Waals surface area contributed by atoms with Gasteiger partial charge in [0.05, 0.1) is 19.2 Å². The van der Waals surface area contributed by atoms with Crippen molar-refractivity contribution in [2.45, 2.75) is 44.7 Å². The Morgan fingerprint density at radius 1 is 1.13 bits per heavy atom.